The summed E-state index contributed by atoms with van der Waals surface area (Å²) < 4.78 is 5.29. The van der Waals surface area contributed by atoms with Crippen molar-refractivity contribution in [3.05, 3.63) is 23.8 Å². The Kier molecular flexibility index (Phi) is 4.66. The predicted octanol–water partition coefficient (Wildman–Crippen LogP) is 2.65. The summed E-state index contributed by atoms with van der Waals surface area (Å²) in [7, 11) is 0. The second-order valence-electron chi connectivity index (χ2n) is 3.06. The summed E-state index contributed by atoms with van der Waals surface area (Å²) in [6.07, 6.45) is 2.02. The van der Waals surface area contributed by atoms with Crippen LogP contribution in [-0.4, -0.2) is 17.5 Å². The smallest absolute Gasteiger partial charge is 0.161 e. The summed E-state index contributed by atoms with van der Waals surface area (Å²) in [4.78, 5) is 0. The Balaban J connectivity index is 2.72. The molecular formula is C11H16O2S. The van der Waals surface area contributed by atoms with E-state index in [1.807, 2.05) is 19.1 Å². The molecule has 0 aliphatic heterocycles. The minimum absolute atomic E-state index is 0.210. The molecule has 0 atom stereocenters. The van der Waals surface area contributed by atoms with Gasteiger partial charge in [0.1, 0.15) is 0 Å². The number of hydrogen-bond donors (Lipinski definition) is 2. The maximum absolute atomic E-state index is 9.45. The highest BCUT2D eigenvalue weighted by molar-refractivity contribution is 7.80. The fraction of sp³-hybridized carbons (Fsp3) is 0.455. The molecule has 0 radical (unpaired) electrons. The molecule has 0 aromatic heterocycles. The molecule has 1 rings (SSSR count). The molecule has 0 amide bonds. The van der Waals surface area contributed by atoms with Crippen molar-refractivity contribution >= 4 is 12.6 Å². The van der Waals surface area contributed by atoms with Crippen LogP contribution < -0.4 is 4.74 Å². The monoisotopic (exact) mass is 212 g/mol. The van der Waals surface area contributed by atoms with Gasteiger partial charge in [-0.2, -0.15) is 12.6 Å². The summed E-state index contributed by atoms with van der Waals surface area (Å²) in [6, 6.07) is 5.49. The van der Waals surface area contributed by atoms with Crippen molar-refractivity contribution in [3.63, 3.8) is 0 Å². The van der Waals surface area contributed by atoms with E-state index in [0.29, 0.717) is 12.4 Å². The van der Waals surface area contributed by atoms with Gasteiger partial charge >= 0.3 is 0 Å². The van der Waals surface area contributed by atoms with Crippen LogP contribution in [0.15, 0.2) is 18.2 Å². The van der Waals surface area contributed by atoms with E-state index in [1.54, 1.807) is 6.07 Å². The van der Waals surface area contributed by atoms with Crippen molar-refractivity contribution in [2.45, 2.75) is 19.8 Å². The highest BCUT2D eigenvalue weighted by Gasteiger charge is 2.02. The summed E-state index contributed by atoms with van der Waals surface area (Å²) in [5, 5.41) is 9.45. The van der Waals surface area contributed by atoms with Gasteiger partial charge in [0, 0.05) is 0 Å². The Labute approximate surface area is 90.3 Å². The molecule has 0 unspecified atom stereocenters. The lowest BCUT2D eigenvalue weighted by Crippen LogP contribution is -1.94. The van der Waals surface area contributed by atoms with Crippen LogP contribution in [0.3, 0.4) is 0 Å². The number of phenols is 1. The zero-order valence-electron chi connectivity index (χ0n) is 8.36. The molecular weight excluding hydrogens is 196 g/mol. The van der Waals surface area contributed by atoms with Crippen molar-refractivity contribution in [1.82, 2.24) is 0 Å². The summed E-state index contributed by atoms with van der Waals surface area (Å²) in [5.41, 5.74) is 1.18. The second kappa shape index (κ2) is 5.81. The Morgan fingerprint density at radius 2 is 2.21 bits per heavy atom. The molecule has 0 aliphatic rings. The minimum atomic E-state index is 0.210. The topological polar surface area (TPSA) is 29.5 Å². The molecule has 0 fully saturated rings. The van der Waals surface area contributed by atoms with E-state index in [-0.39, 0.29) is 5.75 Å². The van der Waals surface area contributed by atoms with Gasteiger partial charge in [-0.3, -0.25) is 0 Å². The number of phenolic OH excluding ortho intramolecular Hbond substituents is 1. The highest BCUT2D eigenvalue weighted by atomic mass is 32.1. The molecule has 3 heteroatoms. The van der Waals surface area contributed by atoms with Crippen LogP contribution in [0, 0.1) is 0 Å². The average molecular weight is 212 g/mol. The van der Waals surface area contributed by atoms with E-state index in [9.17, 15) is 5.11 Å². The third-order valence-electron chi connectivity index (χ3n) is 1.95. The fourth-order valence-electron chi connectivity index (χ4n) is 1.27. The lowest BCUT2D eigenvalue weighted by molar-refractivity contribution is 0.317. The van der Waals surface area contributed by atoms with Gasteiger partial charge in [-0.05, 0) is 43.2 Å². The summed E-state index contributed by atoms with van der Waals surface area (Å²) in [6.45, 7) is 2.48. The Morgan fingerprint density at radius 3 is 2.86 bits per heavy atom. The van der Waals surface area contributed by atoms with Gasteiger partial charge in [0.05, 0.1) is 6.61 Å². The van der Waals surface area contributed by atoms with Gasteiger partial charge in [0.15, 0.2) is 11.5 Å². The Hall–Kier alpha value is -0.830. The lowest BCUT2D eigenvalue weighted by atomic mass is 10.1. The van der Waals surface area contributed by atoms with E-state index in [4.69, 9.17) is 4.74 Å². The first-order valence-corrected chi connectivity index (χ1v) is 5.46. The molecule has 0 saturated heterocycles. The van der Waals surface area contributed by atoms with Gasteiger partial charge in [-0.25, -0.2) is 0 Å². The third kappa shape index (κ3) is 3.14. The molecule has 1 aromatic rings. The number of aromatic hydroxyl groups is 1. The van der Waals surface area contributed by atoms with Crippen molar-refractivity contribution < 1.29 is 9.84 Å². The molecule has 0 spiro atoms. The molecule has 78 valence electrons. The van der Waals surface area contributed by atoms with Crippen LogP contribution >= 0.6 is 12.6 Å². The second-order valence-corrected chi connectivity index (χ2v) is 3.51. The third-order valence-corrected chi connectivity index (χ3v) is 2.26. The first-order valence-electron chi connectivity index (χ1n) is 4.83. The maximum Gasteiger partial charge on any atom is 0.161 e. The number of thiol groups is 1. The van der Waals surface area contributed by atoms with Gasteiger partial charge in [-0.15, -0.1) is 0 Å². The van der Waals surface area contributed by atoms with Crippen LogP contribution in [0.1, 0.15) is 18.9 Å². The van der Waals surface area contributed by atoms with E-state index < -0.39 is 0 Å². The van der Waals surface area contributed by atoms with Gasteiger partial charge in [-0.1, -0.05) is 6.07 Å². The van der Waals surface area contributed by atoms with E-state index in [0.717, 1.165) is 18.6 Å². The molecule has 1 N–H and O–H groups in total. The predicted molar refractivity (Wildman–Crippen MR) is 61.4 cm³/mol. The SMILES string of the molecule is CCOc1cc(CCCS)ccc1O. The van der Waals surface area contributed by atoms with Crippen LogP contribution in [0.2, 0.25) is 0 Å². The molecule has 0 aliphatic carbocycles. The molecule has 0 heterocycles. The van der Waals surface area contributed by atoms with Crippen LogP contribution in [0.4, 0.5) is 0 Å². The Bertz CT molecular complexity index is 287. The van der Waals surface area contributed by atoms with Crippen molar-refractivity contribution in [3.8, 4) is 11.5 Å². The van der Waals surface area contributed by atoms with Crippen molar-refractivity contribution in [1.29, 1.82) is 0 Å². The Morgan fingerprint density at radius 1 is 1.43 bits per heavy atom. The van der Waals surface area contributed by atoms with Gasteiger partial charge in [0.25, 0.3) is 0 Å². The number of benzene rings is 1. The molecule has 1 aromatic carbocycles. The number of ether oxygens (including phenoxy) is 1. The summed E-state index contributed by atoms with van der Waals surface area (Å²) in [5.74, 6) is 1.66. The van der Waals surface area contributed by atoms with Crippen LogP contribution in [0.25, 0.3) is 0 Å². The standard InChI is InChI=1S/C11H16O2S/c1-2-13-11-8-9(4-3-7-14)5-6-10(11)12/h5-6,8,12,14H,2-4,7H2,1H3. The molecule has 0 saturated carbocycles. The van der Waals surface area contributed by atoms with Crippen LogP contribution in [-0.2, 0) is 6.42 Å². The maximum atomic E-state index is 9.45. The van der Waals surface area contributed by atoms with Crippen molar-refractivity contribution in [2.24, 2.45) is 0 Å². The first kappa shape index (κ1) is 11.2. The molecule has 2 nitrogen and oxygen atoms in total. The zero-order chi connectivity index (χ0) is 10.4. The normalized spacial score (nSPS) is 10.1. The number of rotatable bonds is 5. The number of hydrogen-bond acceptors (Lipinski definition) is 3. The van der Waals surface area contributed by atoms with Gasteiger partial charge < -0.3 is 9.84 Å². The molecule has 14 heavy (non-hydrogen) atoms. The lowest BCUT2D eigenvalue weighted by Gasteiger charge is -2.07. The first-order chi connectivity index (χ1) is 6.77. The van der Waals surface area contributed by atoms with E-state index in [2.05, 4.69) is 12.6 Å². The largest absolute Gasteiger partial charge is 0.504 e. The van der Waals surface area contributed by atoms with Crippen LogP contribution in [0.5, 0.6) is 11.5 Å². The van der Waals surface area contributed by atoms with Gasteiger partial charge in [0.2, 0.25) is 0 Å². The summed E-state index contributed by atoms with van der Waals surface area (Å²) >= 11 is 4.16. The quantitative estimate of drug-likeness (QED) is 0.735. The average Bonchev–Trinajstić information content (AvgIpc) is 2.19. The van der Waals surface area contributed by atoms with E-state index >= 15 is 0 Å². The zero-order valence-corrected chi connectivity index (χ0v) is 9.26. The van der Waals surface area contributed by atoms with E-state index in [1.165, 1.54) is 5.56 Å². The highest BCUT2D eigenvalue weighted by Crippen LogP contribution is 2.27. The fourth-order valence-corrected chi connectivity index (χ4v) is 1.43. The number of aryl methyl sites for hydroxylation is 1. The van der Waals surface area contributed by atoms with Crippen molar-refractivity contribution in [2.75, 3.05) is 12.4 Å². The minimum Gasteiger partial charge on any atom is -0.504 e. The molecule has 0 bridgehead atoms.